The number of carbonyl (C=O) groups is 1. The number of ether oxygens (including phenoxy) is 5. The van der Waals surface area contributed by atoms with Crippen molar-refractivity contribution in [3.8, 4) is 17.2 Å². The Morgan fingerprint density at radius 2 is 1.96 bits per heavy atom. The topological polar surface area (TPSA) is 157 Å². The van der Waals surface area contributed by atoms with Crippen molar-refractivity contribution >= 4 is 27.5 Å². The standard InChI is InChI=1S/C33H41N3O10S2/c1-20(2)14-35(48(40,41)25-8-9-30-31(13-25)46-19-45-30)15-29(37)27(36(33(38)39)28-17-44-32-26(28)10-11-42-32)12-22-4-6-24(7-5-22)43-16-23-18-47-21(3)34-23/h4-9,13,18,20,26-29,32,37H,10-12,14-17,19H2,1-3H3,(H,38,39)/t26-,27-,28-,29+,32+/m0/s1/i16D2,17D,19D2,32D/t17?,26-,27-,28-,29+,32+. The molecule has 260 valence electrons. The van der Waals surface area contributed by atoms with E-state index < -0.39 is 72.9 Å². The summed E-state index contributed by atoms with van der Waals surface area (Å²) in [4.78, 5) is 17.9. The van der Waals surface area contributed by atoms with E-state index in [9.17, 15) is 23.4 Å². The molecule has 13 nitrogen and oxygen atoms in total. The molecule has 2 fully saturated rings. The van der Waals surface area contributed by atoms with Gasteiger partial charge in [0.1, 0.15) is 15.1 Å². The van der Waals surface area contributed by atoms with E-state index in [1.165, 1.54) is 35.6 Å². The molecule has 3 aromatic rings. The number of aryl methyl sites for hydroxylation is 1. The number of fused-ring (bicyclic) bond motifs is 2. The minimum absolute atomic E-state index is 0.00226. The number of benzene rings is 2. The van der Waals surface area contributed by atoms with Crippen molar-refractivity contribution in [1.82, 2.24) is 14.2 Å². The summed E-state index contributed by atoms with van der Waals surface area (Å²) in [6, 6.07) is 7.00. The number of hydrogen-bond acceptors (Lipinski definition) is 11. The van der Waals surface area contributed by atoms with Crippen LogP contribution in [-0.4, -0.2) is 96.4 Å². The molecule has 0 bridgehead atoms. The van der Waals surface area contributed by atoms with Gasteiger partial charge in [0.2, 0.25) is 16.8 Å². The predicted octanol–water partition coefficient (Wildman–Crippen LogP) is 4.12. The van der Waals surface area contributed by atoms with Crippen molar-refractivity contribution < 1.29 is 55.3 Å². The van der Waals surface area contributed by atoms with E-state index in [0.717, 1.165) is 15.3 Å². The van der Waals surface area contributed by atoms with E-state index in [4.69, 9.17) is 31.9 Å². The molecule has 48 heavy (non-hydrogen) atoms. The maximum Gasteiger partial charge on any atom is 0.407 e. The Morgan fingerprint density at radius 3 is 2.67 bits per heavy atom. The van der Waals surface area contributed by atoms with Gasteiger partial charge >= 0.3 is 6.09 Å². The van der Waals surface area contributed by atoms with Gasteiger partial charge in [-0.2, -0.15) is 4.31 Å². The van der Waals surface area contributed by atoms with Crippen LogP contribution in [0.25, 0.3) is 0 Å². The van der Waals surface area contributed by atoms with Crippen LogP contribution >= 0.6 is 11.3 Å². The minimum Gasteiger partial charge on any atom is -0.487 e. The highest BCUT2D eigenvalue weighted by molar-refractivity contribution is 7.89. The summed E-state index contributed by atoms with van der Waals surface area (Å²) in [6.07, 6.45) is -5.20. The number of hydrogen-bond donors (Lipinski definition) is 2. The number of rotatable bonds is 14. The van der Waals surface area contributed by atoms with Crippen molar-refractivity contribution in [3.05, 3.63) is 64.1 Å². The molecule has 6 atom stereocenters. The maximum absolute atomic E-state index is 14.2. The van der Waals surface area contributed by atoms with Gasteiger partial charge in [-0.15, -0.1) is 11.3 Å². The monoisotopic (exact) mass is 709 g/mol. The third kappa shape index (κ3) is 7.56. The maximum atomic E-state index is 14.2. The lowest BCUT2D eigenvalue weighted by Gasteiger charge is -2.39. The van der Waals surface area contributed by atoms with Crippen LogP contribution in [0.4, 0.5) is 4.79 Å². The van der Waals surface area contributed by atoms with Crippen molar-refractivity contribution in [2.75, 3.05) is 33.0 Å². The third-order valence-corrected chi connectivity index (χ3v) is 10.7. The summed E-state index contributed by atoms with van der Waals surface area (Å²) in [7, 11) is -4.42. The molecular weight excluding hydrogens is 663 g/mol. The average molecular weight is 710 g/mol. The van der Waals surface area contributed by atoms with Crippen LogP contribution in [0.5, 0.6) is 17.2 Å². The van der Waals surface area contributed by atoms with Crippen molar-refractivity contribution in [1.29, 1.82) is 0 Å². The third-order valence-electron chi connectivity index (χ3n) is 8.13. The van der Waals surface area contributed by atoms with E-state index in [0.29, 0.717) is 10.6 Å². The second-order valence-electron chi connectivity index (χ2n) is 12.0. The van der Waals surface area contributed by atoms with E-state index in [-0.39, 0.29) is 59.7 Å². The molecule has 0 saturated carbocycles. The first-order valence-electron chi connectivity index (χ1n) is 18.4. The lowest BCUT2D eigenvalue weighted by atomic mass is 9.93. The van der Waals surface area contributed by atoms with Crippen LogP contribution in [-0.2, 0) is 32.5 Å². The first kappa shape index (κ1) is 27.4. The molecule has 0 radical (unpaired) electrons. The number of amides is 1. The molecule has 1 amide bonds. The van der Waals surface area contributed by atoms with Gasteiger partial charge in [0.15, 0.2) is 17.8 Å². The number of thiazole rings is 1. The zero-order valence-corrected chi connectivity index (χ0v) is 28.1. The second-order valence-corrected chi connectivity index (χ2v) is 15.0. The van der Waals surface area contributed by atoms with E-state index >= 15 is 0 Å². The Bertz CT molecular complexity index is 1960. The summed E-state index contributed by atoms with van der Waals surface area (Å²) < 4.78 is 106. The van der Waals surface area contributed by atoms with E-state index in [2.05, 4.69) is 4.98 Å². The first-order valence-corrected chi connectivity index (χ1v) is 17.7. The highest BCUT2D eigenvalue weighted by Crippen LogP contribution is 2.37. The zero-order valence-electron chi connectivity index (χ0n) is 32.4. The van der Waals surface area contributed by atoms with Gasteiger partial charge in [0.25, 0.3) is 0 Å². The molecule has 3 aliphatic rings. The number of sulfonamides is 1. The molecule has 2 aromatic carbocycles. The summed E-state index contributed by atoms with van der Waals surface area (Å²) in [5.41, 5.74) is 0.563. The molecule has 0 aliphatic carbocycles. The summed E-state index contributed by atoms with van der Waals surface area (Å²) >= 11 is 1.27. The summed E-state index contributed by atoms with van der Waals surface area (Å²) in [6.45, 7) is -1.64. The van der Waals surface area contributed by atoms with Crippen molar-refractivity contribution in [3.63, 3.8) is 0 Å². The molecule has 1 aromatic heterocycles. The Kier molecular flexibility index (Phi) is 8.30. The number of aromatic nitrogens is 1. The Morgan fingerprint density at radius 1 is 1.19 bits per heavy atom. The van der Waals surface area contributed by atoms with Gasteiger partial charge in [0, 0.05) is 30.5 Å². The van der Waals surface area contributed by atoms with Gasteiger partial charge in [-0.3, -0.25) is 4.90 Å². The van der Waals surface area contributed by atoms with Gasteiger partial charge in [-0.1, -0.05) is 26.0 Å². The highest BCUT2D eigenvalue weighted by atomic mass is 32.2. The number of aliphatic hydroxyl groups excluding tert-OH is 1. The number of carboxylic acid groups (broad SMARTS) is 1. The predicted molar refractivity (Wildman–Crippen MR) is 175 cm³/mol. The van der Waals surface area contributed by atoms with E-state index in [1.807, 2.05) is 0 Å². The van der Waals surface area contributed by atoms with Crippen LogP contribution in [0.2, 0.25) is 0 Å². The van der Waals surface area contributed by atoms with Gasteiger partial charge in [0.05, 0.1) is 52.5 Å². The molecule has 3 aliphatic heterocycles. The van der Waals surface area contributed by atoms with E-state index in [1.54, 1.807) is 38.3 Å². The number of nitrogens with zero attached hydrogens (tertiary/aromatic N) is 3. The van der Waals surface area contributed by atoms with Crippen LogP contribution in [0.15, 0.2) is 52.7 Å². The van der Waals surface area contributed by atoms with Gasteiger partial charge in [-0.05, 0) is 55.5 Å². The molecule has 15 heteroatoms. The Hall–Kier alpha value is -3.47. The molecule has 2 N–H and O–H groups in total. The summed E-state index contributed by atoms with van der Waals surface area (Å²) in [5.74, 6) is -1.13. The van der Waals surface area contributed by atoms with Crippen LogP contribution in [0.3, 0.4) is 0 Å². The number of aliphatic hydroxyl groups is 1. The molecule has 4 heterocycles. The SMILES string of the molecule is [2H]C1O[C@@]2([2H])OCC[C@H]2[C@H]1N(C(=O)O)[C@@H](Cc1ccc(OC([2H])([2H])c2csc(C)n2)cc1)[C@H](O)CN(CC(C)C)S(=O)(=O)c1ccc2c(c1)OC([2H])([2H])O2. The minimum atomic E-state index is -4.42. The Labute approximate surface area is 292 Å². The summed E-state index contributed by atoms with van der Waals surface area (Å²) in [5, 5.41) is 24.9. The average Bonchev–Trinajstić information content (AvgIpc) is 3.81. The van der Waals surface area contributed by atoms with Crippen LogP contribution in [0, 0.1) is 18.8 Å². The fourth-order valence-corrected chi connectivity index (χ4v) is 8.05. The normalized spacial score (nSPS) is 27.7. The smallest absolute Gasteiger partial charge is 0.407 e. The quantitative estimate of drug-likeness (QED) is 0.248. The fourth-order valence-electron chi connectivity index (χ4n) is 5.88. The lowest BCUT2D eigenvalue weighted by molar-refractivity contribution is -0.0906. The first-order chi connectivity index (χ1) is 25.2. The fraction of sp³-hybridized carbons (Fsp3) is 0.515. The second kappa shape index (κ2) is 14.6. The van der Waals surface area contributed by atoms with Crippen LogP contribution < -0.4 is 14.2 Å². The molecule has 6 rings (SSSR count). The Balaban J connectivity index is 1.32. The highest BCUT2D eigenvalue weighted by Gasteiger charge is 2.49. The molecule has 0 spiro atoms. The largest absolute Gasteiger partial charge is 0.487 e. The molecule has 1 unspecified atom stereocenters. The van der Waals surface area contributed by atoms with Crippen molar-refractivity contribution in [2.24, 2.45) is 11.8 Å². The van der Waals surface area contributed by atoms with Gasteiger partial charge < -0.3 is 33.9 Å². The molecular formula is C33H41N3O10S2. The molecule has 2 saturated heterocycles. The van der Waals surface area contributed by atoms with Crippen LogP contribution in [0.1, 0.15) is 44.8 Å². The van der Waals surface area contributed by atoms with Gasteiger partial charge in [-0.25, -0.2) is 18.2 Å². The zero-order chi connectivity index (χ0) is 39.4. The van der Waals surface area contributed by atoms with Crippen molar-refractivity contribution in [2.45, 2.75) is 69.5 Å². The lowest BCUT2D eigenvalue weighted by Crippen LogP contribution is -2.57.